The first-order chi connectivity index (χ1) is 11.1. The molecule has 0 aliphatic carbocycles. The minimum Gasteiger partial charge on any atom is -0.374 e. The maximum absolute atomic E-state index is 9.00. The monoisotopic (exact) mass is 311 g/mol. The number of ether oxygens (including phenoxy) is 1. The minimum absolute atomic E-state index is 0.114. The van der Waals surface area contributed by atoms with Gasteiger partial charge in [0.25, 0.3) is 0 Å². The van der Waals surface area contributed by atoms with E-state index in [0.29, 0.717) is 5.56 Å². The molecule has 1 aromatic carbocycles. The van der Waals surface area contributed by atoms with Crippen molar-refractivity contribution in [1.82, 2.24) is 19.7 Å². The fourth-order valence-corrected chi connectivity index (χ4v) is 2.96. The molecule has 0 spiro atoms. The Bertz CT molecular complexity index is 718. The second kappa shape index (κ2) is 6.90. The molecule has 0 amide bonds. The van der Waals surface area contributed by atoms with E-state index in [4.69, 9.17) is 10.00 Å². The van der Waals surface area contributed by atoms with Crippen LogP contribution in [0.5, 0.6) is 0 Å². The molecule has 6 nitrogen and oxygen atoms in total. The predicted octanol–water partition coefficient (Wildman–Crippen LogP) is 1.67. The molecule has 1 saturated heterocycles. The molecular formula is C17H21N5O. The zero-order valence-corrected chi connectivity index (χ0v) is 13.6. The predicted molar refractivity (Wildman–Crippen MR) is 85.7 cm³/mol. The van der Waals surface area contributed by atoms with E-state index in [1.165, 1.54) is 0 Å². The van der Waals surface area contributed by atoms with Crippen molar-refractivity contribution in [2.45, 2.75) is 33.0 Å². The van der Waals surface area contributed by atoms with Gasteiger partial charge in [-0.1, -0.05) is 12.1 Å². The van der Waals surface area contributed by atoms with E-state index >= 15 is 0 Å². The van der Waals surface area contributed by atoms with Crippen molar-refractivity contribution in [2.24, 2.45) is 0 Å². The highest BCUT2D eigenvalue weighted by atomic mass is 16.5. The number of benzene rings is 1. The molecule has 120 valence electrons. The van der Waals surface area contributed by atoms with Crippen molar-refractivity contribution in [2.75, 3.05) is 19.7 Å². The lowest BCUT2D eigenvalue weighted by Gasteiger charge is -2.33. The molecule has 1 aliphatic rings. The van der Waals surface area contributed by atoms with Crippen molar-refractivity contribution in [3.63, 3.8) is 0 Å². The van der Waals surface area contributed by atoms with Crippen LogP contribution in [0.1, 0.15) is 22.8 Å². The number of rotatable bonds is 4. The molecule has 0 radical (unpaired) electrons. The molecule has 0 bridgehead atoms. The van der Waals surface area contributed by atoms with Crippen LogP contribution in [-0.2, 0) is 17.8 Å². The van der Waals surface area contributed by atoms with Crippen molar-refractivity contribution < 1.29 is 4.74 Å². The molecule has 1 atom stereocenters. The van der Waals surface area contributed by atoms with Crippen molar-refractivity contribution in [3.8, 4) is 6.07 Å². The van der Waals surface area contributed by atoms with Gasteiger partial charge in [-0.05, 0) is 31.5 Å². The van der Waals surface area contributed by atoms with Gasteiger partial charge >= 0.3 is 0 Å². The highest BCUT2D eigenvalue weighted by molar-refractivity contribution is 5.32. The first kappa shape index (κ1) is 15.7. The van der Waals surface area contributed by atoms with Gasteiger partial charge in [0.1, 0.15) is 11.6 Å². The lowest BCUT2D eigenvalue weighted by molar-refractivity contribution is -0.0405. The van der Waals surface area contributed by atoms with Gasteiger partial charge in [-0.3, -0.25) is 4.90 Å². The first-order valence-electron chi connectivity index (χ1n) is 7.85. The standard InChI is InChI=1S/C17H21N5O/c1-13-19-14(2)22(20-13)12-17-11-21(6-7-23-17)10-16-5-3-4-15(8-16)9-18/h3-5,8,17H,6-7,10-12H2,1-2H3/t17-/m0/s1. The molecule has 2 heterocycles. The molecule has 0 unspecified atom stereocenters. The average Bonchev–Trinajstić information content (AvgIpc) is 2.85. The van der Waals surface area contributed by atoms with E-state index in [9.17, 15) is 0 Å². The average molecular weight is 311 g/mol. The van der Waals surface area contributed by atoms with Crippen LogP contribution in [0.15, 0.2) is 24.3 Å². The van der Waals surface area contributed by atoms with Gasteiger partial charge in [0, 0.05) is 19.6 Å². The normalized spacial score (nSPS) is 18.7. The summed E-state index contributed by atoms with van der Waals surface area (Å²) in [6.07, 6.45) is 0.114. The highest BCUT2D eigenvalue weighted by Crippen LogP contribution is 2.13. The fraction of sp³-hybridized carbons (Fsp3) is 0.471. The first-order valence-corrected chi connectivity index (χ1v) is 7.85. The fourth-order valence-electron chi connectivity index (χ4n) is 2.96. The summed E-state index contributed by atoms with van der Waals surface area (Å²) in [5, 5.41) is 13.4. The zero-order chi connectivity index (χ0) is 16.2. The molecule has 1 aromatic heterocycles. The van der Waals surface area contributed by atoms with Crippen molar-refractivity contribution in [1.29, 1.82) is 5.26 Å². The van der Waals surface area contributed by atoms with Crippen LogP contribution in [0.3, 0.4) is 0 Å². The van der Waals surface area contributed by atoms with Crippen LogP contribution in [0.4, 0.5) is 0 Å². The third-order valence-electron chi connectivity index (χ3n) is 4.02. The molecule has 1 aliphatic heterocycles. The Labute approximate surface area is 136 Å². The summed E-state index contributed by atoms with van der Waals surface area (Å²) in [5.41, 5.74) is 1.87. The Balaban J connectivity index is 1.62. The number of aromatic nitrogens is 3. The van der Waals surface area contributed by atoms with E-state index in [1.54, 1.807) is 0 Å². The topological polar surface area (TPSA) is 67.0 Å². The Kier molecular flexibility index (Phi) is 4.70. The molecule has 2 aromatic rings. The largest absolute Gasteiger partial charge is 0.374 e. The zero-order valence-electron chi connectivity index (χ0n) is 13.6. The van der Waals surface area contributed by atoms with E-state index in [-0.39, 0.29) is 6.10 Å². The Morgan fingerprint density at radius 3 is 3.00 bits per heavy atom. The third kappa shape index (κ3) is 3.95. The quantitative estimate of drug-likeness (QED) is 0.859. The van der Waals surface area contributed by atoms with Crippen LogP contribution < -0.4 is 0 Å². The van der Waals surface area contributed by atoms with Gasteiger partial charge in [0.15, 0.2) is 0 Å². The Hall–Kier alpha value is -2.23. The summed E-state index contributed by atoms with van der Waals surface area (Å²) in [5.74, 6) is 1.72. The summed E-state index contributed by atoms with van der Waals surface area (Å²) in [4.78, 5) is 6.70. The van der Waals surface area contributed by atoms with Gasteiger partial charge in [-0.2, -0.15) is 10.4 Å². The van der Waals surface area contributed by atoms with Gasteiger partial charge in [-0.15, -0.1) is 0 Å². The van der Waals surface area contributed by atoms with E-state index in [0.717, 1.165) is 50.0 Å². The van der Waals surface area contributed by atoms with Crippen LogP contribution >= 0.6 is 0 Å². The summed E-state index contributed by atoms with van der Waals surface area (Å²) >= 11 is 0. The van der Waals surface area contributed by atoms with Crippen LogP contribution in [-0.4, -0.2) is 45.5 Å². The van der Waals surface area contributed by atoms with Gasteiger partial charge in [0.2, 0.25) is 0 Å². The Morgan fingerprint density at radius 1 is 1.39 bits per heavy atom. The smallest absolute Gasteiger partial charge is 0.147 e. The molecule has 23 heavy (non-hydrogen) atoms. The van der Waals surface area contributed by atoms with E-state index < -0.39 is 0 Å². The SMILES string of the molecule is Cc1nc(C)n(C[C@@H]2CN(Cc3cccc(C#N)c3)CCO2)n1. The van der Waals surface area contributed by atoms with E-state index in [1.807, 2.05) is 36.7 Å². The maximum atomic E-state index is 9.00. The number of nitriles is 1. The Morgan fingerprint density at radius 2 is 2.26 bits per heavy atom. The number of hydrogen-bond acceptors (Lipinski definition) is 5. The maximum Gasteiger partial charge on any atom is 0.147 e. The molecule has 3 rings (SSSR count). The molecule has 0 N–H and O–H groups in total. The second-order valence-electron chi connectivity index (χ2n) is 5.93. The summed E-state index contributed by atoms with van der Waals surface area (Å²) in [6, 6.07) is 9.98. The lowest BCUT2D eigenvalue weighted by Crippen LogP contribution is -2.44. The molecule has 0 saturated carbocycles. The van der Waals surface area contributed by atoms with Crippen molar-refractivity contribution >= 4 is 0 Å². The van der Waals surface area contributed by atoms with Crippen LogP contribution in [0.25, 0.3) is 0 Å². The van der Waals surface area contributed by atoms with Crippen LogP contribution in [0, 0.1) is 25.2 Å². The van der Waals surface area contributed by atoms with Gasteiger partial charge in [-0.25, -0.2) is 9.67 Å². The van der Waals surface area contributed by atoms with Crippen LogP contribution in [0.2, 0.25) is 0 Å². The molecule has 1 fully saturated rings. The van der Waals surface area contributed by atoms with Gasteiger partial charge in [0.05, 0.1) is 30.9 Å². The number of morpholine rings is 1. The lowest BCUT2D eigenvalue weighted by atomic mass is 10.1. The summed E-state index contributed by atoms with van der Waals surface area (Å²) < 4.78 is 7.79. The van der Waals surface area contributed by atoms with Gasteiger partial charge < -0.3 is 4.74 Å². The summed E-state index contributed by atoms with van der Waals surface area (Å²) in [6.45, 7) is 7.91. The number of aryl methyl sites for hydroxylation is 2. The third-order valence-corrected chi connectivity index (χ3v) is 4.02. The minimum atomic E-state index is 0.114. The number of hydrogen-bond donors (Lipinski definition) is 0. The van der Waals surface area contributed by atoms with Crippen molar-refractivity contribution in [3.05, 3.63) is 47.0 Å². The summed E-state index contributed by atoms with van der Waals surface area (Å²) in [7, 11) is 0. The highest BCUT2D eigenvalue weighted by Gasteiger charge is 2.22. The molecule has 6 heteroatoms. The second-order valence-corrected chi connectivity index (χ2v) is 5.93. The van der Waals surface area contributed by atoms with E-state index in [2.05, 4.69) is 27.1 Å². The molecular weight excluding hydrogens is 290 g/mol. The number of nitrogens with zero attached hydrogens (tertiary/aromatic N) is 5.